The van der Waals surface area contributed by atoms with Crippen LogP contribution in [0.3, 0.4) is 0 Å². The third-order valence-corrected chi connectivity index (χ3v) is 4.49. The number of fused-ring (bicyclic) bond motifs is 1. The lowest BCUT2D eigenvalue weighted by atomic mass is 9.97. The Labute approximate surface area is 155 Å². The van der Waals surface area contributed by atoms with E-state index in [-0.39, 0.29) is 12.1 Å². The zero-order chi connectivity index (χ0) is 18.1. The highest BCUT2D eigenvalue weighted by atomic mass is 16.5. The topological polar surface area (TPSA) is 73.2 Å². The molecule has 0 fully saturated rings. The van der Waals surface area contributed by atoms with E-state index in [1.807, 2.05) is 36.4 Å². The summed E-state index contributed by atoms with van der Waals surface area (Å²) in [5, 5.41) is 0. The molecule has 1 aliphatic heterocycles. The van der Waals surface area contributed by atoms with Crippen molar-refractivity contribution in [2.24, 2.45) is 4.99 Å². The molecule has 0 spiro atoms. The largest absolute Gasteiger partial charge is 0.465 e. The van der Waals surface area contributed by atoms with Crippen LogP contribution in [0.1, 0.15) is 29.0 Å². The number of aliphatic imine (C=N–C) groups is 1. The summed E-state index contributed by atoms with van der Waals surface area (Å²) in [4.78, 5) is 21.9. The zero-order valence-electron chi connectivity index (χ0n) is 14.3. The molecular weight excluding hydrogens is 338 g/mol. The normalized spacial score (nSPS) is 18.9. The summed E-state index contributed by atoms with van der Waals surface area (Å²) in [5.41, 5.74) is 3.89. The molecule has 27 heavy (non-hydrogen) atoms. The minimum atomic E-state index is -0.216. The predicted octanol–water partition coefficient (Wildman–Crippen LogP) is 3.68. The van der Waals surface area contributed by atoms with Gasteiger partial charge in [0.15, 0.2) is 11.8 Å². The van der Waals surface area contributed by atoms with Gasteiger partial charge in [0.05, 0.1) is 12.4 Å². The fourth-order valence-electron chi connectivity index (χ4n) is 3.20. The van der Waals surface area contributed by atoms with Crippen molar-refractivity contribution in [2.45, 2.75) is 12.1 Å². The van der Waals surface area contributed by atoms with Gasteiger partial charge in [-0.05, 0) is 11.1 Å². The fraction of sp³-hybridized carbons (Fsp3) is 0.0952. The molecule has 0 bridgehead atoms. The second-order valence-electron chi connectivity index (χ2n) is 6.23. The number of aromatic nitrogens is 4. The molecule has 1 aliphatic rings. The highest BCUT2D eigenvalue weighted by molar-refractivity contribution is 5.94. The van der Waals surface area contributed by atoms with Crippen molar-refractivity contribution in [3.8, 4) is 0 Å². The zero-order valence-corrected chi connectivity index (χ0v) is 14.3. The summed E-state index contributed by atoms with van der Waals surface area (Å²) in [6.45, 7) is 0. The monoisotopic (exact) mass is 353 g/mol. The average Bonchev–Trinajstić information content (AvgIpc) is 3.20. The molecule has 6 heteroatoms. The van der Waals surface area contributed by atoms with Crippen LogP contribution in [-0.2, 0) is 4.74 Å². The van der Waals surface area contributed by atoms with Gasteiger partial charge in [0, 0.05) is 0 Å². The second-order valence-corrected chi connectivity index (χ2v) is 6.23. The third kappa shape index (κ3) is 2.91. The van der Waals surface area contributed by atoms with Crippen LogP contribution < -0.4 is 0 Å². The van der Waals surface area contributed by atoms with Crippen LogP contribution in [0.15, 0.2) is 84.4 Å². The lowest BCUT2D eigenvalue weighted by molar-refractivity contribution is 0.196. The van der Waals surface area contributed by atoms with Crippen LogP contribution >= 0.6 is 0 Å². The Morgan fingerprint density at radius 2 is 1.52 bits per heavy atom. The van der Waals surface area contributed by atoms with Crippen molar-refractivity contribution in [2.75, 3.05) is 0 Å². The maximum absolute atomic E-state index is 6.25. The number of ether oxygens (including phenoxy) is 1. The first-order chi connectivity index (χ1) is 13.4. The maximum Gasteiger partial charge on any atom is 0.238 e. The van der Waals surface area contributed by atoms with Crippen molar-refractivity contribution in [3.63, 3.8) is 0 Å². The van der Waals surface area contributed by atoms with Gasteiger partial charge in [-0.1, -0.05) is 60.7 Å². The quantitative estimate of drug-likeness (QED) is 0.562. The van der Waals surface area contributed by atoms with Gasteiger partial charge in [-0.15, -0.1) is 0 Å². The molecule has 0 aliphatic carbocycles. The summed E-state index contributed by atoms with van der Waals surface area (Å²) >= 11 is 0. The predicted molar refractivity (Wildman–Crippen MR) is 101 cm³/mol. The SMILES string of the molecule is c1ccc(C2N=C(c3cnc4cncnc4n3)OC2c2ccccc2)cc1. The summed E-state index contributed by atoms with van der Waals surface area (Å²) in [6.07, 6.45) is 4.53. The molecule has 6 nitrogen and oxygen atoms in total. The van der Waals surface area contributed by atoms with Crippen molar-refractivity contribution >= 4 is 17.1 Å². The maximum atomic E-state index is 6.25. The van der Waals surface area contributed by atoms with Crippen molar-refractivity contribution in [1.29, 1.82) is 0 Å². The van der Waals surface area contributed by atoms with E-state index in [9.17, 15) is 0 Å². The van der Waals surface area contributed by atoms with E-state index in [1.54, 1.807) is 12.4 Å². The smallest absolute Gasteiger partial charge is 0.238 e. The molecule has 0 radical (unpaired) electrons. The first-order valence-electron chi connectivity index (χ1n) is 8.66. The number of rotatable bonds is 3. The van der Waals surface area contributed by atoms with E-state index in [2.05, 4.69) is 44.2 Å². The first-order valence-corrected chi connectivity index (χ1v) is 8.66. The Kier molecular flexibility index (Phi) is 3.79. The molecule has 2 aromatic carbocycles. The van der Waals surface area contributed by atoms with Crippen LogP contribution in [0.25, 0.3) is 11.2 Å². The molecule has 0 amide bonds. The van der Waals surface area contributed by atoms with Crippen LogP contribution in [-0.4, -0.2) is 25.8 Å². The highest BCUT2D eigenvalue weighted by Crippen LogP contribution is 2.40. The first kappa shape index (κ1) is 15.6. The summed E-state index contributed by atoms with van der Waals surface area (Å²) in [5.74, 6) is 0.478. The van der Waals surface area contributed by atoms with Gasteiger partial charge < -0.3 is 4.74 Å². The summed E-state index contributed by atoms with van der Waals surface area (Å²) in [7, 11) is 0. The standard InChI is InChI=1S/C21H15N5O/c1-3-7-14(8-4-1)18-19(15-9-5-2-6-10-15)27-21(26-18)17-12-23-16-11-22-13-24-20(16)25-17/h1-13,18-19H. The summed E-state index contributed by atoms with van der Waals surface area (Å²) in [6, 6.07) is 20.1. The van der Waals surface area contributed by atoms with E-state index >= 15 is 0 Å². The molecule has 3 heterocycles. The van der Waals surface area contributed by atoms with E-state index < -0.39 is 0 Å². The number of hydrogen-bond acceptors (Lipinski definition) is 6. The van der Waals surface area contributed by atoms with Gasteiger partial charge in [0.25, 0.3) is 0 Å². The molecule has 0 N–H and O–H groups in total. The average molecular weight is 353 g/mol. The molecule has 5 rings (SSSR count). The van der Waals surface area contributed by atoms with Crippen molar-refractivity contribution < 1.29 is 4.74 Å². The lowest BCUT2D eigenvalue weighted by Gasteiger charge is -2.18. The molecule has 2 unspecified atom stereocenters. The van der Waals surface area contributed by atoms with Gasteiger partial charge in [-0.2, -0.15) is 0 Å². The van der Waals surface area contributed by atoms with Gasteiger partial charge >= 0.3 is 0 Å². The molecular formula is C21H15N5O. The molecule has 2 atom stereocenters. The van der Waals surface area contributed by atoms with E-state index in [1.165, 1.54) is 6.33 Å². The van der Waals surface area contributed by atoms with Crippen LogP contribution in [0.2, 0.25) is 0 Å². The molecule has 2 aromatic heterocycles. The van der Waals surface area contributed by atoms with Crippen molar-refractivity contribution in [3.05, 3.63) is 96.2 Å². The highest BCUT2D eigenvalue weighted by Gasteiger charge is 2.34. The molecule has 4 aromatic rings. The van der Waals surface area contributed by atoms with E-state index in [4.69, 9.17) is 9.73 Å². The minimum Gasteiger partial charge on any atom is -0.465 e. The number of benzene rings is 2. The van der Waals surface area contributed by atoms with Crippen molar-refractivity contribution in [1.82, 2.24) is 19.9 Å². The Morgan fingerprint density at radius 1 is 0.778 bits per heavy atom. The number of nitrogens with zero attached hydrogens (tertiary/aromatic N) is 5. The van der Waals surface area contributed by atoms with Gasteiger partial charge in [0.2, 0.25) is 5.90 Å². The third-order valence-electron chi connectivity index (χ3n) is 4.49. The summed E-state index contributed by atoms with van der Waals surface area (Å²) < 4.78 is 6.25. The van der Waals surface area contributed by atoms with Gasteiger partial charge in [-0.3, -0.25) is 0 Å². The van der Waals surface area contributed by atoms with Crippen LogP contribution in [0.5, 0.6) is 0 Å². The minimum absolute atomic E-state index is 0.147. The Balaban J connectivity index is 1.58. The molecule has 0 saturated carbocycles. The van der Waals surface area contributed by atoms with E-state index in [0.717, 1.165) is 11.1 Å². The van der Waals surface area contributed by atoms with E-state index in [0.29, 0.717) is 22.8 Å². The number of hydrogen-bond donors (Lipinski definition) is 0. The Bertz CT molecular complexity index is 1110. The van der Waals surface area contributed by atoms with Gasteiger partial charge in [-0.25, -0.2) is 24.9 Å². The fourth-order valence-corrected chi connectivity index (χ4v) is 3.20. The van der Waals surface area contributed by atoms with Crippen LogP contribution in [0.4, 0.5) is 0 Å². The van der Waals surface area contributed by atoms with Crippen LogP contribution in [0, 0.1) is 0 Å². The lowest BCUT2D eigenvalue weighted by Crippen LogP contribution is -2.10. The Hall–Kier alpha value is -3.67. The second kappa shape index (κ2) is 6.57. The molecule has 130 valence electrons. The molecule has 0 saturated heterocycles. The Morgan fingerprint density at radius 3 is 2.30 bits per heavy atom. The van der Waals surface area contributed by atoms with Gasteiger partial charge in [0.1, 0.15) is 23.6 Å².